The number of hydrogen-bond acceptors (Lipinski definition) is 5. The molecule has 0 aromatic carbocycles. The number of Topliss-reactive ketones (excluding diaryl/α,β-unsaturated/α-hetero) is 1. The van der Waals surface area contributed by atoms with Crippen LogP contribution in [0.1, 0.15) is 42.7 Å². The summed E-state index contributed by atoms with van der Waals surface area (Å²) in [4.78, 5) is 35.3. The first-order chi connectivity index (χ1) is 10.5. The first-order valence-electron chi connectivity index (χ1n) is 7.42. The lowest BCUT2D eigenvalue weighted by atomic mass is 10.2. The summed E-state index contributed by atoms with van der Waals surface area (Å²) in [6.45, 7) is 6.03. The molecule has 1 heterocycles. The van der Waals surface area contributed by atoms with Gasteiger partial charge < -0.3 is 14.0 Å². The summed E-state index contributed by atoms with van der Waals surface area (Å²) < 4.78 is 11.6. The van der Waals surface area contributed by atoms with E-state index in [2.05, 4.69) is 6.92 Å². The number of carbonyl (C=O) groups is 2. The van der Waals surface area contributed by atoms with Crippen LogP contribution in [0.4, 0.5) is 0 Å². The van der Waals surface area contributed by atoms with Gasteiger partial charge >= 0.3 is 5.97 Å². The molecule has 0 aliphatic carbocycles. The van der Waals surface area contributed by atoms with E-state index in [4.69, 9.17) is 9.47 Å². The van der Waals surface area contributed by atoms with Gasteiger partial charge in [0.1, 0.15) is 13.2 Å². The number of carbonyl (C=O) groups excluding carboxylic acids is 2. The third kappa shape index (κ3) is 5.44. The van der Waals surface area contributed by atoms with Gasteiger partial charge in [0.25, 0.3) is 5.56 Å². The third-order valence-corrected chi connectivity index (χ3v) is 3.19. The van der Waals surface area contributed by atoms with Crippen molar-refractivity contribution >= 4 is 11.8 Å². The lowest BCUT2D eigenvalue weighted by Gasteiger charge is -2.11. The highest BCUT2D eigenvalue weighted by atomic mass is 16.6. The molecule has 6 heteroatoms. The van der Waals surface area contributed by atoms with Crippen molar-refractivity contribution in [3.8, 4) is 0 Å². The van der Waals surface area contributed by atoms with Crippen LogP contribution in [0.2, 0.25) is 0 Å². The molecule has 0 atom stereocenters. The molecule has 0 spiro atoms. The molecule has 0 aliphatic rings. The number of ketones is 1. The van der Waals surface area contributed by atoms with Crippen LogP contribution in [0.25, 0.3) is 0 Å². The maximum atomic E-state index is 12.1. The molecule has 0 bridgehead atoms. The summed E-state index contributed by atoms with van der Waals surface area (Å²) in [6.07, 6.45) is 2.02. The fraction of sp³-hybridized carbons (Fsp3) is 0.562. The van der Waals surface area contributed by atoms with Crippen molar-refractivity contribution < 1.29 is 19.1 Å². The van der Waals surface area contributed by atoms with Gasteiger partial charge in [-0.2, -0.15) is 0 Å². The standard InChI is InChI=1S/C16H23NO5/c1-4-5-8-21-9-10-22-15(19)11-17-12(2)6-7-14(13(3)18)16(17)20/h6-7H,4-5,8-11H2,1-3H3. The van der Waals surface area contributed by atoms with E-state index in [0.29, 0.717) is 18.9 Å². The number of rotatable bonds is 9. The molecular formula is C16H23NO5. The average molecular weight is 309 g/mol. The number of nitrogens with zero attached hydrogens (tertiary/aromatic N) is 1. The number of pyridine rings is 1. The van der Waals surface area contributed by atoms with E-state index in [1.165, 1.54) is 17.6 Å². The summed E-state index contributed by atoms with van der Waals surface area (Å²) in [7, 11) is 0. The molecule has 6 nitrogen and oxygen atoms in total. The Kier molecular flexibility index (Phi) is 7.52. The third-order valence-electron chi connectivity index (χ3n) is 3.19. The summed E-state index contributed by atoms with van der Waals surface area (Å²) in [5, 5.41) is 0. The Labute approximate surface area is 130 Å². The van der Waals surface area contributed by atoms with Crippen LogP contribution in [-0.2, 0) is 20.8 Å². The van der Waals surface area contributed by atoms with Gasteiger partial charge in [0, 0.05) is 12.3 Å². The number of aromatic nitrogens is 1. The largest absolute Gasteiger partial charge is 0.462 e. The highest BCUT2D eigenvalue weighted by Gasteiger charge is 2.13. The van der Waals surface area contributed by atoms with Crippen LogP contribution in [-0.4, -0.2) is 36.1 Å². The first-order valence-corrected chi connectivity index (χ1v) is 7.42. The van der Waals surface area contributed by atoms with Crippen molar-refractivity contribution in [3.05, 3.63) is 33.7 Å². The maximum absolute atomic E-state index is 12.1. The second-order valence-electron chi connectivity index (χ2n) is 5.02. The molecule has 22 heavy (non-hydrogen) atoms. The highest BCUT2D eigenvalue weighted by molar-refractivity contribution is 5.93. The topological polar surface area (TPSA) is 74.6 Å². The van der Waals surface area contributed by atoms with E-state index in [9.17, 15) is 14.4 Å². The highest BCUT2D eigenvalue weighted by Crippen LogP contribution is 2.00. The van der Waals surface area contributed by atoms with E-state index in [-0.39, 0.29) is 24.5 Å². The minimum absolute atomic E-state index is 0.0706. The zero-order chi connectivity index (χ0) is 16.5. The molecular weight excluding hydrogens is 286 g/mol. The minimum atomic E-state index is -0.523. The Balaban J connectivity index is 2.56. The SMILES string of the molecule is CCCCOCCOC(=O)Cn1c(C)ccc(C(C)=O)c1=O. The smallest absolute Gasteiger partial charge is 0.326 e. The Hall–Kier alpha value is -1.95. The molecule has 0 aliphatic heterocycles. The summed E-state index contributed by atoms with van der Waals surface area (Å²) in [5.74, 6) is -0.846. The predicted octanol–water partition coefficient (Wildman–Crippen LogP) is 1.72. The van der Waals surface area contributed by atoms with Crippen LogP contribution >= 0.6 is 0 Å². The molecule has 122 valence electrons. The van der Waals surface area contributed by atoms with Gasteiger partial charge in [0.05, 0.1) is 12.2 Å². The molecule has 1 rings (SSSR count). The second-order valence-corrected chi connectivity index (χ2v) is 5.02. The summed E-state index contributed by atoms with van der Waals surface area (Å²) in [5.41, 5.74) is 0.205. The molecule has 0 fully saturated rings. The predicted molar refractivity (Wildman–Crippen MR) is 82.1 cm³/mol. The van der Waals surface area contributed by atoms with Crippen LogP contribution in [0.5, 0.6) is 0 Å². The first kappa shape index (κ1) is 18.1. The van der Waals surface area contributed by atoms with Crippen molar-refractivity contribution in [1.82, 2.24) is 4.57 Å². The average Bonchev–Trinajstić information content (AvgIpc) is 2.46. The van der Waals surface area contributed by atoms with Gasteiger partial charge in [-0.05, 0) is 32.4 Å². The lowest BCUT2D eigenvalue weighted by molar-refractivity contribution is -0.146. The molecule has 1 aromatic heterocycles. The van der Waals surface area contributed by atoms with Gasteiger partial charge in [0.2, 0.25) is 0 Å². The number of unbranched alkanes of at least 4 members (excludes halogenated alkanes) is 1. The molecule has 0 N–H and O–H groups in total. The summed E-state index contributed by atoms with van der Waals surface area (Å²) >= 11 is 0. The zero-order valence-corrected chi connectivity index (χ0v) is 13.4. The summed E-state index contributed by atoms with van der Waals surface area (Å²) in [6, 6.07) is 3.11. The van der Waals surface area contributed by atoms with Gasteiger partial charge in [-0.25, -0.2) is 0 Å². The minimum Gasteiger partial charge on any atom is -0.462 e. The lowest BCUT2D eigenvalue weighted by Crippen LogP contribution is -2.31. The molecule has 0 radical (unpaired) electrons. The Morgan fingerprint density at radius 3 is 2.55 bits per heavy atom. The van der Waals surface area contributed by atoms with Crippen molar-refractivity contribution in [2.75, 3.05) is 19.8 Å². The van der Waals surface area contributed by atoms with E-state index in [0.717, 1.165) is 12.8 Å². The van der Waals surface area contributed by atoms with Crippen molar-refractivity contribution in [2.45, 2.75) is 40.2 Å². The van der Waals surface area contributed by atoms with Crippen molar-refractivity contribution in [2.24, 2.45) is 0 Å². The van der Waals surface area contributed by atoms with Gasteiger partial charge in [-0.1, -0.05) is 13.3 Å². The second kappa shape index (κ2) is 9.15. The molecule has 0 saturated carbocycles. The van der Waals surface area contributed by atoms with E-state index in [1.807, 2.05) is 0 Å². The zero-order valence-electron chi connectivity index (χ0n) is 13.4. The molecule has 1 aromatic rings. The number of aryl methyl sites for hydroxylation is 1. The quantitative estimate of drug-likeness (QED) is 0.394. The number of ether oxygens (including phenoxy) is 2. The molecule has 0 saturated heterocycles. The van der Waals surface area contributed by atoms with Gasteiger partial charge in [-0.15, -0.1) is 0 Å². The van der Waals surface area contributed by atoms with Gasteiger partial charge in [-0.3, -0.25) is 14.4 Å². The number of esters is 1. The fourth-order valence-electron chi connectivity index (χ4n) is 1.87. The number of hydrogen-bond donors (Lipinski definition) is 0. The van der Waals surface area contributed by atoms with Crippen LogP contribution < -0.4 is 5.56 Å². The van der Waals surface area contributed by atoms with Gasteiger partial charge in [0.15, 0.2) is 5.78 Å². The molecule has 0 amide bonds. The monoisotopic (exact) mass is 309 g/mol. The van der Waals surface area contributed by atoms with E-state index >= 15 is 0 Å². The Morgan fingerprint density at radius 1 is 1.18 bits per heavy atom. The van der Waals surface area contributed by atoms with Crippen LogP contribution in [0.3, 0.4) is 0 Å². The normalized spacial score (nSPS) is 10.5. The van der Waals surface area contributed by atoms with Crippen LogP contribution in [0, 0.1) is 6.92 Å². The van der Waals surface area contributed by atoms with E-state index < -0.39 is 11.5 Å². The Morgan fingerprint density at radius 2 is 1.91 bits per heavy atom. The van der Waals surface area contributed by atoms with E-state index in [1.54, 1.807) is 13.0 Å². The fourth-order valence-corrected chi connectivity index (χ4v) is 1.87. The van der Waals surface area contributed by atoms with Crippen molar-refractivity contribution in [3.63, 3.8) is 0 Å². The maximum Gasteiger partial charge on any atom is 0.326 e. The Bertz CT molecular complexity index is 576. The molecule has 0 unspecified atom stereocenters. The van der Waals surface area contributed by atoms with Crippen molar-refractivity contribution in [1.29, 1.82) is 0 Å². The van der Waals surface area contributed by atoms with Crippen LogP contribution in [0.15, 0.2) is 16.9 Å².